The van der Waals surface area contributed by atoms with Gasteiger partial charge >= 0.3 is 5.97 Å². The largest absolute Gasteiger partial charge is 0.478 e. The van der Waals surface area contributed by atoms with Crippen molar-refractivity contribution in [2.75, 3.05) is 0 Å². The lowest BCUT2D eigenvalue weighted by Crippen LogP contribution is -2.00. The minimum atomic E-state index is -1.000. The fraction of sp³-hybridized carbons (Fsp3) is 0.0556. The minimum absolute atomic E-state index is 0.191. The Morgan fingerprint density at radius 1 is 1.26 bits per heavy atom. The summed E-state index contributed by atoms with van der Waals surface area (Å²) in [7, 11) is 0. The highest BCUT2D eigenvalue weighted by Gasteiger charge is 2.13. The van der Waals surface area contributed by atoms with Gasteiger partial charge in [0.25, 0.3) is 0 Å². The van der Waals surface area contributed by atoms with Gasteiger partial charge < -0.3 is 5.11 Å². The molecule has 0 aliphatic heterocycles. The zero-order chi connectivity index (χ0) is 16.8. The van der Waals surface area contributed by atoms with E-state index in [-0.39, 0.29) is 5.57 Å². The smallest absolute Gasteiger partial charge is 0.336 e. The first kappa shape index (κ1) is 16.6. The summed E-state index contributed by atoms with van der Waals surface area (Å²) in [5.74, 6) is -1.000. The summed E-state index contributed by atoms with van der Waals surface area (Å²) in [6.07, 6.45) is 6.95. The second kappa shape index (κ2) is 7.51. The molecule has 1 aromatic carbocycles. The van der Waals surface area contributed by atoms with Crippen molar-refractivity contribution < 1.29 is 9.90 Å². The predicted octanol–water partition coefficient (Wildman–Crippen LogP) is 4.73. The maximum Gasteiger partial charge on any atom is 0.336 e. The molecule has 2 rings (SSSR count). The summed E-state index contributed by atoms with van der Waals surface area (Å²) in [5, 5.41) is 9.74. The third-order valence-corrected chi connectivity index (χ3v) is 3.44. The number of aromatic nitrogens is 1. The summed E-state index contributed by atoms with van der Waals surface area (Å²) in [6.45, 7) is 5.17. The van der Waals surface area contributed by atoms with Gasteiger partial charge in [0.2, 0.25) is 0 Å². The van der Waals surface area contributed by atoms with Crippen molar-refractivity contribution in [3.05, 3.63) is 64.4 Å². The first-order valence-electron chi connectivity index (χ1n) is 6.85. The molecule has 0 aliphatic rings. The molecule has 0 radical (unpaired) electrons. The van der Waals surface area contributed by atoms with E-state index in [0.29, 0.717) is 16.4 Å². The summed E-state index contributed by atoms with van der Waals surface area (Å²) >= 11 is 5.75. The second-order valence-corrected chi connectivity index (χ2v) is 5.08. The van der Waals surface area contributed by atoms with Crippen molar-refractivity contribution in [2.24, 2.45) is 4.99 Å². The molecule has 116 valence electrons. The van der Waals surface area contributed by atoms with Crippen molar-refractivity contribution in [3.8, 4) is 0 Å². The van der Waals surface area contributed by atoms with Crippen molar-refractivity contribution in [2.45, 2.75) is 6.92 Å². The van der Waals surface area contributed by atoms with Crippen LogP contribution >= 0.6 is 11.6 Å². The molecule has 1 heterocycles. The summed E-state index contributed by atoms with van der Waals surface area (Å²) in [4.78, 5) is 19.2. The van der Waals surface area contributed by atoms with E-state index in [9.17, 15) is 9.90 Å². The Labute approximate surface area is 139 Å². The van der Waals surface area contributed by atoms with Crippen molar-refractivity contribution >= 4 is 47.7 Å². The molecular formula is C18H15ClN2O2. The Hall–Kier alpha value is -2.72. The first-order valence-corrected chi connectivity index (χ1v) is 7.23. The van der Waals surface area contributed by atoms with Crippen LogP contribution in [0.15, 0.2) is 47.6 Å². The SMILES string of the molecule is C=Nc1ccc(/C=C/c2ccc(Cl)nc2)cc1/C(=C\C)C(=O)O. The van der Waals surface area contributed by atoms with Gasteiger partial charge in [0.1, 0.15) is 5.15 Å². The Morgan fingerprint density at radius 3 is 2.52 bits per heavy atom. The van der Waals surface area contributed by atoms with Gasteiger partial charge in [-0.1, -0.05) is 42.0 Å². The van der Waals surface area contributed by atoms with Crippen LogP contribution in [0.2, 0.25) is 5.15 Å². The molecule has 1 N–H and O–H groups in total. The van der Waals surface area contributed by atoms with Crippen molar-refractivity contribution in [3.63, 3.8) is 0 Å². The average Bonchev–Trinajstić information content (AvgIpc) is 2.55. The molecule has 0 atom stereocenters. The number of aliphatic imine (C=N–C) groups is 1. The topological polar surface area (TPSA) is 62.5 Å². The molecule has 23 heavy (non-hydrogen) atoms. The molecule has 0 bridgehead atoms. The van der Waals surface area contributed by atoms with Gasteiger partial charge in [-0.15, -0.1) is 0 Å². The second-order valence-electron chi connectivity index (χ2n) is 4.69. The predicted molar refractivity (Wildman–Crippen MR) is 95.1 cm³/mol. The highest BCUT2D eigenvalue weighted by atomic mass is 35.5. The number of benzene rings is 1. The van der Waals surface area contributed by atoms with E-state index in [0.717, 1.165) is 11.1 Å². The number of aliphatic carboxylic acids is 1. The molecule has 0 saturated heterocycles. The number of nitrogens with zero attached hydrogens (tertiary/aromatic N) is 2. The molecule has 0 spiro atoms. The van der Waals surface area contributed by atoms with Crippen LogP contribution in [0.1, 0.15) is 23.6 Å². The number of rotatable bonds is 5. The maximum absolute atomic E-state index is 11.4. The van der Waals surface area contributed by atoms with Crippen LogP contribution in [0.5, 0.6) is 0 Å². The number of hydrogen-bond donors (Lipinski definition) is 1. The lowest BCUT2D eigenvalue weighted by molar-refractivity contribution is -0.130. The van der Waals surface area contributed by atoms with Gasteiger partial charge in [0, 0.05) is 11.8 Å². The quantitative estimate of drug-likeness (QED) is 0.491. The summed E-state index contributed by atoms with van der Waals surface area (Å²) in [6, 6.07) is 8.92. The molecule has 2 aromatic rings. The number of carboxylic acids is 1. The Kier molecular flexibility index (Phi) is 5.44. The maximum atomic E-state index is 11.4. The van der Waals surface area contributed by atoms with Crippen LogP contribution in [0.25, 0.3) is 17.7 Å². The Morgan fingerprint density at radius 2 is 1.96 bits per heavy atom. The van der Waals surface area contributed by atoms with E-state index in [2.05, 4.69) is 16.7 Å². The third-order valence-electron chi connectivity index (χ3n) is 3.22. The van der Waals surface area contributed by atoms with E-state index in [1.807, 2.05) is 24.3 Å². The minimum Gasteiger partial charge on any atom is -0.478 e. The first-order chi connectivity index (χ1) is 11.0. The van der Waals surface area contributed by atoms with Gasteiger partial charge in [-0.3, -0.25) is 4.99 Å². The normalized spacial score (nSPS) is 11.7. The zero-order valence-corrected chi connectivity index (χ0v) is 13.3. The fourth-order valence-corrected chi connectivity index (χ4v) is 2.20. The van der Waals surface area contributed by atoms with E-state index < -0.39 is 5.97 Å². The van der Waals surface area contributed by atoms with Gasteiger partial charge in [-0.25, -0.2) is 9.78 Å². The molecule has 0 saturated carbocycles. The Bertz CT molecular complexity index is 793. The number of halogens is 1. The highest BCUT2D eigenvalue weighted by molar-refractivity contribution is 6.29. The van der Waals surface area contributed by atoms with E-state index >= 15 is 0 Å². The molecule has 5 heteroatoms. The van der Waals surface area contributed by atoms with Gasteiger partial charge in [0.05, 0.1) is 11.3 Å². The fourth-order valence-electron chi connectivity index (χ4n) is 2.08. The Balaban J connectivity index is 2.39. The van der Waals surface area contributed by atoms with Crippen LogP contribution in [0.3, 0.4) is 0 Å². The van der Waals surface area contributed by atoms with Crippen LogP contribution in [0, 0.1) is 0 Å². The summed E-state index contributed by atoms with van der Waals surface area (Å²) < 4.78 is 0. The zero-order valence-electron chi connectivity index (χ0n) is 12.5. The van der Waals surface area contributed by atoms with E-state index in [4.69, 9.17) is 11.6 Å². The van der Waals surface area contributed by atoms with Gasteiger partial charge in [0.15, 0.2) is 0 Å². The standard InChI is InChI=1S/C18H15ClN2O2/c1-3-14(18(22)23)15-10-12(6-8-16(15)20-2)4-5-13-7-9-17(19)21-11-13/h3-11H,2H2,1H3,(H,22,23)/b5-4+,14-3+. The van der Waals surface area contributed by atoms with Crippen LogP contribution in [-0.2, 0) is 4.79 Å². The molecule has 0 fully saturated rings. The lowest BCUT2D eigenvalue weighted by Gasteiger charge is -2.07. The monoisotopic (exact) mass is 326 g/mol. The number of carbonyl (C=O) groups is 1. The number of allylic oxidation sites excluding steroid dienone is 1. The number of carboxylic acid groups (broad SMARTS) is 1. The van der Waals surface area contributed by atoms with Crippen LogP contribution < -0.4 is 0 Å². The average molecular weight is 327 g/mol. The van der Waals surface area contributed by atoms with Crippen molar-refractivity contribution in [1.29, 1.82) is 0 Å². The van der Waals surface area contributed by atoms with Crippen LogP contribution in [-0.4, -0.2) is 22.8 Å². The highest BCUT2D eigenvalue weighted by Crippen LogP contribution is 2.28. The molecular weight excluding hydrogens is 312 g/mol. The lowest BCUT2D eigenvalue weighted by atomic mass is 10.0. The summed E-state index contributed by atoms with van der Waals surface area (Å²) in [5.41, 5.74) is 3.00. The number of hydrogen-bond acceptors (Lipinski definition) is 3. The van der Waals surface area contributed by atoms with Gasteiger partial charge in [-0.2, -0.15) is 0 Å². The van der Waals surface area contributed by atoms with E-state index in [1.54, 1.807) is 37.4 Å². The molecule has 0 aliphatic carbocycles. The van der Waals surface area contributed by atoms with Gasteiger partial charge in [-0.05, 0) is 43.0 Å². The molecule has 4 nitrogen and oxygen atoms in total. The third kappa shape index (κ3) is 4.14. The molecule has 1 aromatic heterocycles. The van der Waals surface area contributed by atoms with Crippen LogP contribution in [0.4, 0.5) is 5.69 Å². The number of pyridine rings is 1. The van der Waals surface area contributed by atoms with Crippen molar-refractivity contribution in [1.82, 2.24) is 4.98 Å². The molecule has 0 unspecified atom stereocenters. The van der Waals surface area contributed by atoms with E-state index in [1.165, 1.54) is 0 Å². The molecule has 0 amide bonds.